The average Bonchev–Trinajstić information content (AvgIpc) is 2.71. The number of nitrogens with zero attached hydrogens (tertiary/aromatic N) is 1. The third-order valence-corrected chi connectivity index (χ3v) is 3.96. The van der Waals surface area contributed by atoms with Crippen molar-refractivity contribution in [3.05, 3.63) is 53.6 Å². The van der Waals surface area contributed by atoms with E-state index in [0.29, 0.717) is 19.7 Å². The number of ether oxygens (including phenoxy) is 3. The van der Waals surface area contributed by atoms with Crippen LogP contribution in [0, 0.1) is 0 Å². The molecule has 0 unspecified atom stereocenters. The van der Waals surface area contributed by atoms with Gasteiger partial charge in [0.2, 0.25) is 0 Å². The molecule has 27 heavy (non-hydrogen) atoms. The lowest BCUT2D eigenvalue weighted by Crippen LogP contribution is -2.36. The summed E-state index contributed by atoms with van der Waals surface area (Å²) in [5.74, 6) is 3.15. The molecule has 0 saturated carbocycles. The number of para-hydroxylation sites is 1. The Labute approximate surface area is 161 Å². The van der Waals surface area contributed by atoms with Crippen molar-refractivity contribution in [2.45, 2.75) is 26.9 Å². The van der Waals surface area contributed by atoms with Crippen molar-refractivity contribution in [3.63, 3.8) is 0 Å². The van der Waals surface area contributed by atoms with Crippen molar-refractivity contribution in [2.24, 2.45) is 4.99 Å². The van der Waals surface area contributed by atoms with Crippen LogP contribution in [0.4, 0.5) is 0 Å². The molecule has 0 aliphatic rings. The van der Waals surface area contributed by atoms with Gasteiger partial charge in [-0.3, -0.25) is 0 Å². The lowest BCUT2D eigenvalue weighted by molar-refractivity contribution is 0.336. The number of hydrogen-bond acceptors (Lipinski definition) is 4. The zero-order valence-corrected chi connectivity index (χ0v) is 16.5. The van der Waals surface area contributed by atoms with Gasteiger partial charge >= 0.3 is 0 Å². The Bertz CT molecular complexity index is 747. The first-order chi connectivity index (χ1) is 13.2. The van der Waals surface area contributed by atoms with Gasteiger partial charge < -0.3 is 24.8 Å². The standard InChI is InChI=1S/C21H29N3O3/c1-5-22-21(23-14-16-9-7-8-10-19(16)27-6-2)24-15-17-11-12-18(25-3)13-20(17)26-4/h7-13H,5-6,14-15H2,1-4H3,(H2,22,23,24). The zero-order chi connectivity index (χ0) is 19.5. The highest BCUT2D eigenvalue weighted by Crippen LogP contribution is 2.24. The fourth-order valence-electron chi connectivity index (χ4n) is 2.61. The first-order valence-corrected chi connectivity index (χ1v) is 9.15. The number of hydrogen-bond donors (Lipinski definition) is 2. The van der Waals surface area contributed by atoms with Gasteiger partial charge in [-0.15, -0.1) is 0 Å². The molecule has 0 radical (unpaired) electrons. The van der Waals surface area contributed by atoms with Crippen molar-refractivity contribution in [1.82, 2.24) is 10.6 Å². The Kier molecular flexibility index (Phi) is 8.29. The predicted octanol–water partition coefficient (Wildman–Crippen LogP) is 3.36. The summed E-state index contributed by atoms with van der Waals surface area (Å²) >= 11 is 0. The van der Waals surface area contributed by atoms with Crippen LogP contribution >= 0.6 is 0 Å². The van der Waals surface area contributed by atoms with E-state index in [1.807, 2.05) is 56.3 Å². The van der Waals surface area contributed by atoms with Crippen LogP contribution in [-0.2, 0) is 13.1 Å². The Morgan fingerprint density at radius 2 is 1.74 bits per heavy atom. The van der Waals surface area contributed by atoms with Crippen LogP contribution in [0.1, 0.15) is 25.0 Å². The van der Waals surface area contributed by atoms with Gasteiger partial charge in [-0.1, -0.05) is 18.2 Å². The quantitative estimate of drug-likeness (QED) is 0.523. The molecular formula is C21H29N3O3. The van der Waals surface area contributed by atoms with E-state index in [4.69, 9.17) is 14.2 Å². The summed E-state index contributed by atoms with van der Waals surface area (Å²) in [5.41, 5.74) is 2.08. The molecule has 6 heteroatoms. The topological polar surface area (TPSA) is 64.1 Å². The van der Waals surface area contributed by atoms with E-state index in [2.05, 4.69) is 15.6 Å². The monoisotopic (exact) mass is 371 g/mol. The highest BCUT2D eigenvalue weighted by atomic mass is 16.5. The van der Waals surface area contributed by atoms with Crippen LogP contribution in [0.15, 0.2) is 47.5 Å². The number of nitrogens with one attached hydrogen (secondary N) is 2. The zero-order valence-electron chi connectivity index (χ0n) is 16.5. The maximum atomic E-state index is 5.67. The SMILES string of the molecule is CCNC(=NCc1ccccc1OCC)NCc1ccc(OC)cc1OC. The molecule has 0 aliphatic carbocycles. The van der Waals surface area contributed by atoms with Crippen LogP contribution in [-0.4, -0.2) is 33.3 Å². The minimum atomic E-state index is 0.533. The summed E-state index contributed by atoms with van der Waals surface area (Å²) < 4.78 is 16.4. The summed E-state index contributed by atoms with van der Waals surface area (Å²) in [4.78, 5) is 4.68. The fraction of sp³-hybridized carbons (Fsp3) is 0.381. The largest absolute Gasteiger partial charge is 0.497 e. The predicted molar refractivity (Wildman–Crippen MR) is 109 cm³/mol. The Balaban J connectivity index is 2.08. The third-order valence-electron chi connectivity index (χ3n) is 3.96. The molecular weight excluding hydrogens is 342 g/mol. The second kappa shape index (κ2) is 11.0. The van der Waals surface area contributed by atoms with Gasteiger partial charge in [-0.2, -0.15) is 0 Å². The van der Waals surface area contributed by atoms with Gasteiger partial charge in [-0.25, -0.2) is 4.99 Å². The lowest BCUT2D eigenvalue weighted by Gasteiger charge is -2.15. The fourth-order valence-corrected chi connectivity index (χ4v) is 2.61. The summed E-state index contributed by atoms with van der Waals surface area (Å²) in [6.45, 7) is 6.56. The van der Waals surface area contributed by atoms with Gasteiger partial charge in [0.1, 0.15) is 17.2 Å². The molecule has 0 bridgehead atoms. The van der Waals surface area contributed by atoms with Gasteiger partial charge in [0.05, 0.1) is 27.4 Å². The second-order valence-corrected chi connectivity index (χ2v) is 5.77. The molecule has 0 spiro atoms. The normalized spacial score (nSPS) is 11.0. The van der Waals surface area contributed by atoms with Gasteiger partial charge in [-0.05, 0) is 32.0 Å². The molecule has 2 aromatic carbocycles. The Hall–Kier alpha value is -2.89. The minimum absolute atomic E-state index is 0.533. The molecule has 6 nitrogen and oxygen atoms in total. The number of aliphatic imine (C=N–C) groups is 1. The van der Waals surface area contributed by atoms with Crippen LogP contribution in [0.5, 0.6) is 17.2 Å². The molecule has 2 rings (SSSR count). The number of guanidine groups is 1. The summed E-state index contributed by atoms with van der Waals surface area (Å²) in [6.07, 6.45) is 0. The summed E-state index contributed by atoms with van der Waals surface area (Å²) in [6, 6.07) is 13.7. The van der Waals surface area contributed by atoms with Gasteiger partial charge in [0, 0.05) is 30.3 Å². The lowest BCUT2D eigenvalue weighted by atomic mass is 10.2. The maximum Gasteiger partial charge on any atom is 0.191 e. The summed E-state index contributed by atoms with van der Waals surface area (Å²) in [7, 11) is 3.30. The molecule has 0 heterocycles. The van der Waals surface area contributed by atoms with E-state index in [1.54, 1.807) is 14.2 Å². The first-order valence-electron chi connectivity index (χ1n) is 9.15. The minimum Gasteiger partial charge on any atom is -0.497 e. The molecule has 0 aromatic heterocycles. The average molecular weight is 371 g/mol. The van der Waals surface area contributed by atoms with Crippen molar-refractivity contribution < 1.29 is 14.2 Å². The highest BCUT2D eigenvalue weighted by molar-refractivity contribution is 5.79. The number of benzene rings is 2. The summed E-state index contributed by atoms with van der Waals surface area (Å²) in [5, 5.41) is 6.62. The van der Waals surface area contributed by atoms with E-state index in [1.165, 1.54) is 0 Å². The van der Waals surface area contributed by atoms with E-state index < -0.39 is 0 Å². The van der Waals surface area contributed by atoms with Crippen molar-refractivity contribution >= 4 is 5.96 Å². The van der Waals surface area contributed by atoms with Gasteiger partial charge in [0.15, 0.2) is 5.96 Å². The number of methoxy groups -OCH3 is 2. The molecule has 0 fully saturated rings. The Morgan fingerprint density at radius 1 is 0.926 bits per heavy atom. The molecule has 0 atom stereocenters. The molecule has 2 N–H and O–H groups in total. The first kappa shape index (κ1) is 20.4. The molecule has 2 aromatic rings. The molecule has 146 valence electrons. The molecule has 0 amide bonds. The van der Waals surface area contributed by atoms with Crippen LogP contribution in [0.25, 0.3) is 0 Å². The van der Waals surface area contributed by atoms with Crippen LogP contribution in [0.2, 0.25) is 0 Å². The Morgan fingerprint density at radius 3 is 2.44 bits per heavy atom. The molecule has 0 aliphatic heterocycles. The van der Waals surface area contributed by atoms with Crippen LogP contribution in [0.3, 0.4) is 0 Å². The van der Waals surface area contributed by atoms with Gasteiger partial charge in [0.25, 0.3) is 0 Å². The van der Waals surface area contributed by atoms with E-state index in [0.717, 1.165) is 40.9 Å². The van der Waals surface area contributed by atoms with E-state index in [-0.39, 0.29) is 0 Å². The maximum absolute atomic E-state index is 5.67. The number of rotatable bonds is 9. The van der Waals surface area contributed by atoms with Crippen molar-refractivity contribution in [1.29, 1.82) is 0 Å². The van der Waals surface area contributed by atoms with Crippen molar-refractivity contribution in [2.75, 3.05) is 27.4 Å². The van der Waals surface area contributed by atoms with Crippen LogP contribution < -0.4 is 24.8 Å². The highest BCUT2D eigenvalue weighted by Gasteiger charge is 2.07. The third kappa shape index (κ3) is 6.09. The second-order valence-electron chi connectivity index (χ2n) is 5.77. The molecule has 0 saturated heterocycles. The smallest absolute Gasteiger partial charge is 0.191 e. The van der Waals surface area contributed by atoms with E-state index in [9.17, 15) is 0 Å². The van der Waals surface area contributed by atoms with E-state index >= 15 is 0 Å². The van der Waals surface area contributed by atoms with Crippen molar-refractivity contribution in [3.8, 4) is 17.2 Å².